The molecule has 0 heteroatoms. The highest BCUT2D eigenvalue weighted by Crippen LogP contribution is 2.39. The summed E-state index contributed by atoms with van der Waals surface area (Å²) in [7, 11) is 0. The van der Waals surface area contributed by atoms with Gasteiger partial charge in [0.25, 0.3) is 0 Å². The number of hydrogen-bond acceptors (Lipinski definition) is 0. The summed E-state index contributed by atoms with van der Waals surface area (Å²) >= 11 is 0. The van der Waals surface area contributed by atoms with Gasteiger partial charge >= 0.3 is 0 Å². The number of allylic oxidation sites excluding steroid dienone is 4. The molecule has 0 aromatic rings. The van der Waals surface area contributed by atoms with Crippen LogP contribution in [0.5, 0.6) is 0 Å². The van der Waals surface area contributed by atoms with Crippen molar-refractivity contribution in [3.05, 3.63) is 23.3 Å². The first-order valence-corrected chi connectivity index (χ1v) is 10.4. The summed E-state index contributed by atoms with van der Waals surface area (Å²) in [5, 5.41) is 0. The summed E-state index contributed by atoms with van der Waals surface area (Å²) in [6, 6.07) is 0. The Labute approximate surface area is 146 Å². The summed E-state index contributed by atoms with van der Waals surface area (Å²) in [5.41, 5.74) is 3.02. The highest BCUT2D eigenvalue weighted by molar-refractivity contribution is 5.16. The molecular formula is C23H42. The quantitative estimate of drug-likeness (QED) is 0.461. The van der Waals surface area contributed by atoms with Crippen molar-refractivity contribution in [2.45, 2.75) is 99.3 Å². The molecule has 2 aliphatic carbocycles. The molecule has 23 heavy (non-hydrogen) atoms. The van der Waals surface area contributed by atoms with Crippen LogP contribution in [0.15, 0.2) is 23.3 Å². The van der Waals surface area contributed by atoms with Crippen LogP contribution < -0.4 is 0 Å². The van der Waals surface area contributed by atoms with Gasteiger partial charge < -0.3 is 0 Å². The normalized spacial score (nSPS) is 31.8. The van der Waals surface area contributed by atoms with Crippen LogP contribution >= 0.6 is 0 Å². The van der Waals surface area contributed by atoms with E-state index in [9.17, 15) is 0 Å². The Kier molecular flexibility index (Phi) is 9.91. The first-order valence-electron chi connectivity index (χ1n) is 10.4. The van der Waals surface area contributed by atoms with E-state index in [4.69, 9.17) is 0 Å². The van der Waals surface area contributed by atoms with Gasteiger partial charge in [0.15, 0.2) is 0 Å². The van der Waals surface area contributed by atoms with E-state index >= 15 is 0 Å². The van der Waals surface area contributed by atoms with E-state index < -0.39 is 0 Å². The Morgan fingerprint density at radius 1 is 0.739 bits per heavy atom. The van der Waals surface area contributed by atoms with Crippen molar-refractivity contribution in [1.29, 1.82) is 0 Å². The minimum absolute atomic E-state index is 0.864. The van der Waals surface area contributed by atoms with Crippen LogP contribution in [0.4, 0.5) is 0 Å². The van der Waals surface area contributed by atoms with E-state index in [1.54, 1.807) is 5.57 Å². The lowest BCUT2D eigenvalue weighted by Crippen LogP contribution is -2.20. The Balaban J connectivity index is 0.00000127. The second-order valence-electron chi connectivity index (χ2n) is 8.23. The molecule has 0 heterocycles. The molecule has 0 radical (unpaired) electrons. The van der Waals surface area contributed by atoms with Crippen molar-refractivity contribution in [1.82, 2.24) is 0 Å². The highest BCUT2D eigenvalue weighted by Gasteiger charge is 2.26. The molecule has 2 rings (SSSR count). The average Bonchev–Trinajstić information content (AvgIpc) is 2.57. The summed E-state index contributed by atoms with van der Waals surface area (Å²) in [5.74, 6) is 3.96. The second kappa shape index (κ2) is 11.1. The molecule has 2 saturated carbocycles. The Bertz CT molecular complexity index is 353. The molecule has 2 fully saturated rings. The van der Waals surface area contributed by atoms with Crippen molar-refractivity contribution < 1.29 is 0 Å². The Morgan fingerprint density at radius 3 is 1.70 bits per heavy atom. The summed E-state index contributed by atoms with van der Waals surface area (Å²) in [6.07, 6.45) is 18.0. The molecule has 0 atom stereocenters. The van der Waals surface area contributed by atoms with Crippen molar-refractivity contribution in [3.63, 3.8) is 0 Å². The van der Waals surface area contributed by atoms with Crippen LogP contribution in [0.2, 0.25) is 0 Å². The minimum Gasteiger partial charge on any atom is -0.0764 e. The molecule has 0 aromatic heterocycles. The fraction of sp³-hybridized carbons (Fsp3) is 0.826. The van der Waals surface area contributed by atoms with E-state index in [2.05, 4.69) is 39.8 Å². The molecule has 0 nitrogen and oxygen atoms in total. The van der Waals surface area contributed by atoms with Crippen molar-refractivity contribution in [3.8, 4) is 0 Å². The van der Waals surface area contributed by atoms with Crippen LogP contribution in [0.25, 0.3) is 0 Å². The molecule has 134 valence electrons. The first-order chi connectivity index (χ1) is 11.0. The molecule has 0 aromatic carbocycles. The van der Waals surface area contributed by atoms with Gasteiger partial charge in [-0.3, -0.25) is 0 Å². The minimum atomic E-state index is 0.864. The van der Waals surface area contributed by atoms with Crippen LogP contribution in [-0.2, 0) is 0 Å². The van der Waals surface area contributed by atoms with Gasteiger partial charge in [0.2, 0.25) is 0 Å². The molecule has 0 N–H and O–H groups in total. The largest absolute Gasteiger partial charge is 0.0764 e. The van der Waals surface area contributed by atoms with Gasteiger partial charge in [-0.2, -0.15) is 0 Å². The monoisotopic (exact) mass is 318 g/mol. The number of rotatable bonds is 4. The van der Waals surface area contributed by atoms with Crippen LogP contribution in [0.3, 0.4) is 0 Å². The molecule has 0 bridgehead atoms. The van der Waals surface area contributed by atoms with Crippen LogP contribution in [-0.4, -0.2) is 0 Å². The van der Waals surface area contributed by atoms with Crippen molar-refractivity contribution in [2.75, 3.05) is 0 Å². The molecule has 0 aliphatic heterocycles. The smallest absolute Gasteiger partial charge is 0.0203 e. The SMILES string of the molecule is CC.CC(C)=C/C=C(\C)C1CCC(CC2CCC(C)CC2)CC1. The molecule has 2 aliphatic rings. The zero-order chi connectivity index (χ0) is 17.2. The van der Waals surface area contributed by atoms with Gasteiger partial charge in [-0.15, -0.1) is 0 Å². The van der Waals surface area contributed by atoms with Crippen LogP contribution in [0.1, 0.15) is 99.3 Å². The maximum atomic E-state index is 2.43. The third kappa shape index (κ3) is 7.73. The van der Waals surface area contributed by atoms with Crippen LogP contribution in [0, 0.1) is 23.7 Å². The van der Waals surface area contributed by atoms with E-state index in [1.807, 2.05) is 13.8 Å². The highest BCUT2D eigenvalue weighted by atomic mass is 14.3. The average molecular weight is 319 g/mol. The van der Waals surface area contributed by atoms with Gasteiger partial charge in [0.05, 0.1) is 0 Å². The summed E-state index contributed by atoms with van der Waals surface area (Å²) in [4.78, 5) is 0. The predicted molar refractivity (Wildman–Crippen MR) is 106 cm³/mol. The lowest BCUT2D eigenvalue weighted by Gasteiger charge is -2.33. The van der Waals surface area contributed by atoms with E-state index in [0.29, 0.717) is 0 Å². The van der Waals surface area contributed by atoms with Gasteiger partial charge in [0, 0.05) is 0 Å². The Morgan fingerprint density at radius 2 is 1.22 bits per heavy atom. The maximum absolute atomic E-state index is 2.43. The fourth-order valence-corrected chi connectivity index (χ4v) is 4.32. The van der Waals surface area contributed by atoms with E-state index in [0.717, 1.165) is 23.7 Å². The molecular weight excluding hydrogens is 276 g/mol. The maximum Gasteiger partial charge on any atom is -0.0203 e. The third-order valence-electron chi connectivity index (χ3n) is 5.97. The van der Waals surface area contributed by atoms with Crippen molar-refractivity contribution in [2.24, 2.45) is 23.7 Å². The van der Waals surface area contributed by atoms with Gasteiger partial charge in [0.1, 0.15) is 0 Å². The first kappa shape index (κ1) is 20.5. The topological polar surface area (TPSA) is 0 Å². The molecule has 0 amide bonds. The van der Waals surface area contributed by atoms with Gasteiger partial charge in [-0.05, 0) is 76.5 Å². The van der Waals surface area contributed by atoms with Gasteiger partial charge in [-0.1, -0.05) is 69.8 Å². The molecule has 0 unspecified atom stereocenters. The summed E-state index contributed by atoms with van der Waals surface area (Å²) < 4.78 is 0. The second-order valence-corrected chi connectivity index (χ2v) is 8.23. The number of hydrogen-bond donors (Lipinski definition) is 0. The third-order valence-corrected chi connectivity index (χ3v) is 5.97. The van der Waals surface area contributed by atoms with Crippen molar-refractivity contribution >= 4 is 0 Å². The standard InChI is InChI=1S/C21H36.C2H6/c1-16(2)5-8-18(4)21-13-11-20(12-14-21)15-19-9-6-17(3)7-10-19;1-2/h5,8,17,19-21H,6-7,9-15H2,1-4H3;1-2H3/b18-8+;. The van der Waals surface area contributed by atoms with E-state index in [-0.39, 0.29) is 0 Å². The van der Waals surface area contributed by atoms with Gasteiger partial charge in [-0.25, -0.2) is 0 Å². The zero-order valence-electron chi connectivity index (χ0n) is 16.8. The molecule has 0 saturated heterocycles. The lowest BCUT2D eigenvalue weighted by atomic mass is 9.72. The Hall–Kier alpha value is -0.520. The van der Waals surface area contributed by atoms with E-state index in [1.165, 1.54) is 63.4 Å². The lowest BCUT2D eigenvalue weighted by molar-refractivity contribution is 0.204. The molecule has 0 spiro atoms. The zero-order valence-corrected chi connectivity index (χ0v) is 16.8. The predicted octanol–water partition coefficient (Wildman–Crippen LogP) is 7.95. The summed E-state index contributed by atoms with van der Waals surface area (Å²) in [6.45, 7) is 13.1. The fourth-order valence-electron chi connectivity index (χ4n) is 4.32.